The molecule has 1 aliphatic rings. The van der Waals surface area contributed by atoms with Gasteiger partial charge in [-0.3, -0.25) is 0 Å². The molecule has 6 heteroatoms. The Hall–Kier alpha value is -1.14. The van der Waals surface area contributed by atoms with Gasteiger partial charge in [-0.1, -0.05) is 6.92 Å². The van der Waals surface area contributed by atoms with Crippen LogP contribution in [0.15, 0.2) is 23.4 Å². The molecule has 0 saturated heterocycles. The standard InChI is InChI=1S/C13H21N3O2S/c1-3-14-12-5-4-8-15-13(12)19(17,18)16-9-10(2)11-6-7-11/h4-5,8,10-11,14,16H,3,6-7,9H2,1-2H3. The Balaban J connectivity index is 2.09. The van der Waals surface area contributed by atoms with Crippen LogP contribution in [0, 0.1) is 11.8 Å². The van der Waals surface area contributed by atoms with Gasteiger partial charge in [0, 0.05) is 19.3 Å². The van der Waals surface area contributed by atoms with Gasteiger partial charge in [-0.05, 0) is 43.7 Å². The third-order valence-corrected chi connectivity index (χ3v) is 4.80. The molecular formula is C13H21N3O2S. The first-order valence-electron chi connectivity index (χ1n) is 6.73. The van der Waals surface area contributed by atoms with Crippen LogP contribution in [-0.4, -0.2) is 26.5 Å². The number of nitrogens with one attached hydrogen (secondary N) is 2. The second-order valence-corrected chi connectivity index (χ2v) is 6.74. The van der Waals surface area contributed by atoms with Crippen molar-refractivity contribution in [3.05, 3.63) is 18.3 Å². The minimum Gasteiger partial charge on any atom is -0.383 e. The molecule has 1 fully saturated rings. The maximum absolute atomic E-state index is 12.3. The van der Waals surface area contributed by atoms with Crippen molar-refractivity contribution in [2.45, 2.75) is 31.7 Å². The van der Waals surface area contributed by atoms with Crippen LogP contribution in [-0.2, 0) is 10.0 Å². The van der Waals surface area contributed by atoms with Crippen molar-refractivity contribution in [3.8, 4) is 0 Å². The molecule has 0 aromatic carbocycles. The molecule has 1 atom stereocenters. The number of nitrogens with zero attached hydrogens (tertiary/aromatic N) is 1. The Labute approximate surface area is 114 Å². The fourth-order valence-corrected chi connectivity index (χ4v) is 3.32. The SMILES string of the molecule is CCNc1cccnc1S(=O)(=O)NCC(C)C1CC1. The van der Waals surface area contributed by atoms with Gasteiger partial charge >= 0.3 is 0 Å². The zero-order chi connectivity index (χ0) is 13.9. The predicted molar refractivity (Wildman–Crippen MR) is 75.5 cm³/mol. The van der Waals surface area contributed by atoms with Crippen LogP contribution >= 0.6 is 0 Å². The lowest BCUT2D eigenvalue weighted by Gasteiger charge is -2.14. The second kappa shape index (κ2) is 5.88. The molecule has 0 radical (unpaired) electrons. The van der Waals surface area contributed by atoms with Crippen LogP contribution < -0.4 is 10.0 Å². The first-order chi connectivity index (χ1) is 9.04. The van der Waals surface area contributed by atoms with E-state index in [0.29, 0.717) is 30.6 Å². The molecule has 1 saturated carbocycles. The molecule has 1 heterocycles. The number of aromatic nitrogens is 1. The molecule has 2 N–H and O–H groups in total. The highest BCUT2D eigenvalue weighted by atomic mass is 32.2. The summed E-state index contributed by atoms with van der Waals surface area (Å²) in [5, 5.41) is 3.11. The summed E-state index contributed by atoms with van der Waals surface area (Å²) < 4.78 is 27.2. The van der Waals surface area contributed by atoms with Gasteiger partial charge in [0.15, 0.2) is 5.03 Å². The van der Waals surface area contributed by atoms with E-state index in [2.05, 4.69) is 21.9 Å². The van der Waals surface area contributed by atoms with Crippen LogP contribution in [0.1, 0.15) is 26.7 Å². The van der Waals surface area contributed by atoms with Crippen molar-refractivity contribution in [1.29, 1.82) is 0 Å². The largest absolute Gasteiger partial charge is 0.383 e. The number of pyridine rings is 1. The molecule has 1 aromatic heterocycles. The van der Waals surface area contributed by atoms with Crippen LogP contribution in [0.2, 0.25) is 0 Å². The molecule has 0 amide bonds. The lowest BCUT2D eigenvalue weighted by Crippen LogP contribution is -2.30. The highest BCUT2D eigenvalue weighted by molar-refractivity contribution is 7.89. The van der Waals surface area contributed by atoms with Crippen molar-refractivity contribution < 1.29 is 8.42 Å². The molecule has 0 spiro atoms. The first kappa shape index (κ1) is 14.3. The summed E-state index contributed by atoms with van der Waals surface area (Å²) in [6.07, 6.45) is 3.93. The summed E-state index contributed by atoms with van der Waals surface area (Å²) >= 11 is 0. The highest BCUT2D eigenvalue weighted by Crippen LogP contribution is 2.36. The maximum atomic E-state index is 12.3. The van der Waals surface area contributed by atoms with E-state index in [1.165, 1.54) is 19.0 Å². The fourth-order valence-electron chi connectivity index (χ4n) is 2.07. The average molecular weight is 283 g/mol. The van der Waals surface area contributed by atoms with Gasteiger partial charge < -0.3 is 5.32 Å². The minimum absolute atomic E-state index is 0.0832. The van der Waals surface area contributed by atoms with Gasteiger partial charge in [0.05, 0.1) is 5.69 Å². The number of rotatable bonds is 7. The Morgan fingerprint density at radius 1 is 1.47 bits per heavy atom. The Morgan fingerprint density at radius 2 is 2.21 bits per heavy atom. The van der Waals surface area contributed by atoms with Crippen molar-refractivity contribution in [3.63, 3.8) is 0 Å². The molecule has 1 unspecified atom stereocenters. The maximum Gasteiger partial charge on any atom is 0.260 e. The lowest BCUT2D eigenvalue weighted by atomic mass is 10.1. The van der Waals surface area contributed by atoms with Gasteiger partial charge in [0.2, 0.25) is 0 Å². The van der Waals surface area contributed by atoms with E-state index in [9.17, 15) is 8.42 Å². The first-order valence-corrected chi connectivity index (χ1v) is 8.21. The van der Waals surface area contributed by atoms with E-state index in [4.69, 9.17) is 0 Å². The van der Waals surface area contributed by atoms with Crippen LogP contribution in [0.4, 0.5) is 5.69 Å². The van der Waals surface area contributed by atoms with E-state index < -0.39 is 10.0 Å². The quantitative estimate of drug-likeness (QED) is 0.801. The Kier molecular flexibility index (Phi) is 4.42. The van der Waals surface area contributed by atoms with Gasteiger partial charge in [-0.25, -0.2) is 18.1 Å². The number of hydrogen-bond donors (Lipinski definition) is 2. The van der Waals surface area contributed by atoms with Crippen LogP contribution in [0.5, 0.6) is 0 Å². The van der Waals surface area contributed by atoms with Crippen molar-refractivity contribution in [1.82, 2.24) is 9.71 Å². The van der Waals surface area contributed by atoms with E-state index in [0.717, 1.165) is 0 Å². The molecule has 2 rings (SSSR count). The summed E-state index contributed by atoms with van der Waals surface area (Å²) in [5.74, 6) is 1.07. The molecule has 1 aromatic rings. The Morgan fingerprint density at radius 3 is 2.84 bits per heavy atom. The number of sulfonamides is 1. The zero-order valence-electron chi connectivity index (χ0n) is 11.4. The van der Waals surface area contributed by atoms with Gasteiger partial charge in [0.1, 0.15) is 0 Å². The predicted octanol–water partition coefficient (Wildman–Crippen LogP) is 1.84. The topological polar surface area (TPSA) is 71.1 Å². The van der Waals surface area contributed by atoms with Gasteiger partial charge in [-0.15, -0.1) is 0 Å². The van der Waals surface area contributed by atoms with Crippen LogP contribution in [0.3, 0.4) is 0 Å². The third kappa shape index (κ3) is 3.67. The molecule has 0 bridgehead atoms. The molecule has 19 heavy (non-hydrogen) atoms. The van der Waals surface area contributed by atoms with Crippen molar-refractivity contribution >= 4 is 15.7 Å². The molecular weight excluding hydrogens is 262 g/mol. The van der Waals surface area contributed by atoms with E-state index in [1.54, 1.807) is 12.1 Å². The third-order valence-electron chi connectivity index (χ3n) is 3.42. The molecule has 1 aliphatic carbocycles. The zero-order valence-corrected chi connectivity index (χ0v) is 12.2. The normalized spacial score (nSPS) is 17.2. The van der Waals surface area contributed by atoms with Crippen LogP contribution in [0.25, 0.3) is 0 Å². The average Bonchev–Trinajstić information content (AvgIpc) is 3.21. The molecule has 106 valence electrons. The summed E-state index contributed by atoms with van der Waals surface area (Å²) in [4.78, 5) is 3.99. The van der Waals surface area contributed by atoms with Crippen molar-refractivity contribution in [2.75, 3.05) is 18.4 Å². The molecule has 5 nitrogen and oxygen atoms in total. The fraction of sp³-hybridized carbons (Fsp3) is 0.615. The minimum atomic E-state index is -3.54. The Bertz CT molecular complexity index is 526. The summed E-state index contributed by atoms with van der Waals surface area (Å²) in [5.41, 5.74) is 0.552. The summed E-state index contributed by atoms with van der Waals surface area (Å²) in [6.45, 7) is 5.15. The van der Waals surface area contributed by atoms with Gasteiger partial charge in [-0.2, -0.15) is 0 Å². The number of hydrogen-bond acceptors (Lipinski definition) is 4. The van der Waals surface area contributed by atoms with Gasteiger partial charge in [0.25, 0.3) is 10.0 Å². The van der Waals surface area contributed by atoms with E-state index in [-0.39, 0.29) is 5.03 Å². The summed E-state index contributed by atoms with van der Waals surface area (Å²) in [7, 11) is -3.54. The highest BCUT2D eigenvalue weighted by Gasteiger charge is 2.29. The van der Waals surface area contributed by atoms with Crippen molar-refractivity contribution in [2.24, 2.45) is 11.8 Å². The molecule has 0 aliphatic heterocycles. The summed E-state index contributed by atoms with van der Waals surface area (Å²) in [6, 6.07) is 3.46. The second-order valence-electron chi connectivity index (χ2n) is 5.05. The smallest absolute Gasteiger partial charge is 0.260 e. The van der Waals surface area contributed by atoms with E-state index in [1.807, 2.05) is 6.92 Å². The monoisotopic (exact) mass is 283 g/mol. The van der Waals surface area contributed by atoms with E-state index >= 15 is 0 Å². The number of anilines is 1. The lowest BCUT2D eigenvalue weighted by molar-refractivity contribution is 0.491.